The van der Waals surface area contributed by atoms with Gasteiger partial charge in [-0.05, 0) is 12.1 Å². The number of nitrogens with zero attached hydrogens (tertiary/aromatic N) is 5. The van der Waals surface area contributed by atoms with Crippen molar-refractivity contribution in [3.63, 3.8) is 0 Å². The minimum atomic E-state index is -1.02. The predicted octanol–water partition coefficient (Wildman–Crippen LogP) is 1.24. The molecule has 0 bridgehead atoms. The van der Waals surface area contributed by atoms with Crippen LogP contribution in [0.3, 0.4) is 0 Å². The molecule has 0 atom stereocenters. The molecule has 3 amide bonds. The van der Waals surface area contributed by atoms with Gasteiger partial charge in [0, 0.05) is 44.2 Å². The molecule has 3 rings (SSSR count). The first kappa shape index (κ1) is 19.1. The van der Waals surface area contributed by atoms with Gasteiger partial charge in [-0.25, -0.2) is 13.6 Å². The van der Waals surface area contributed by atoms with Gasteiger partial charge in [0.1, 0.15) is 12.9 Å². The molecular weight excluding hydrogens is 378 g/mol. The molecular formula is C16H18F2N6O2S. The lowest BCUT2D eigenvalue weighted by Gasteiger charge is -2.18. The SMILES string of the molecule is Cn1cnnc1SCCNC(=O)CN1CCN(c2ccc(F)c(F)c2)C1=O. The summed E-state index contributed by atoms with van der Waals surface area (Å²) in [5.74, 6) is -1.65. The number of nitrogens with one attached hydrogen (secondary N) is 1. The molecule has 2 aromatic rings. The van der Waals surface area contributed by atoms with Gasteiger partial charge in [-0.15, -0.1) is 10.2 Å². The van der Waals surface area contributed by atoms with E-state index in [9.17, 15) is 18.4 Å². The van der Waals surface area contributed by atoms with E-state index in [-0.39, 0.29) is 18.1 Å². The molecule has 0 spiro atoms. The third kappa shape index (κ3) is 4.54. The number of aryl methyl sites for hydroxylation is 1. The van der Waals surface area contributed by atoms with Crippen LogP contribution in [0.2, 0.25) is 0 Å². The molecule has 0 radical (unpaired) electrons. The molecule has 1 aromatic heterocycles. The molecule has 2 heterocycles. The smallest absolute Gasteiger partial charge is 0.325 e. The Kier molecular flexibility index (Phi) is 5.89. The van der Waals surface area contributed by atoms with E-state index in [1.54, 1.807) is 10.9 Å². The monoisotopic (exact) mass is 396 g/mol. The zero-order valence-corrected chi connectivity index (χ0v) is 15.4. The molecule has 0 aliphatic carbocycles. The van der Waals surface area contributed by atoms with Crippen LogP contribution in [0.4, 0.5) is 19.3 Å². The molecule has 27 heavy (non-hydrogen) atoms. The molecule has 8 nitrogen and oxygen atoms in total. The van der Waals surface area contributed by atoms with Crippen molar-refractivity contribution in [3.05, 3.63) is 36.2 Å². The number of carbonyl (C=O) groups is 2. The van der Waals surface area contributed by atoms with Crippen LogP contribution in [0, 0.1) is 11.6 Å². The number of halogens is 2. The normalized spacial score (nSPS) is 14.1. The average Bonchev–Trinajstić information content (AvgIpc) is 3.21. The zero-order valence-electron chi connectivity index (χ0n) is 14.6. The van der Waals surface area contributed by atoms with Gasteiger partial charge in [0.05, 0.1) is 0 Å². The Bertz CT molecular complexity index is 846. The zero-order chi connectivity index (χ0) is 19.4. The molecule has 1 aliphatic rings. The Morgan fingerprint density at radius 2 is 2.11 bits per heavy atom. The van der Waals surface area contributed by atoms with Crippen molar-refractivity contribution in [1.29, 1.82) is 0 Å². The fourth-order valence-electron chi connectivity index (χ4n) is 2.59. The average molecular weight is 396 g/mol. The van der Waals surface area contributed by atoms with Gasteiger partial charge in [0.15, 0.2) is 16.8 Å². The summed E-state index contributed by atoms with van der Waals surface area (Å²) in [6, 6.07) is 2.87. The lowest BCUT2D eigenvalue weighted by atomic mass is 10.3. The summed E-state index contributed by atoms with van der Waals surface area (Å²) < 4.78 is 28.2. The largest absolute Gasteiger partial charge is 0.354 e. The molecule has 1 N–H and O–H groups in total. The Morgan fingerprint density at radius 3 is 2.81 bits per heavy atom. The maximum absolute atomic E-state index is 13.4. The van der Waals surface area contributed by atoms with Crippen molar-refractivity contribution in [2.75, 3.05) is 36.8 Å². The number of thioether (sulfide) groups is 1. The first-order chi connectivity index (χ1) is 13.0. The van der Waals surface area contributed by atoms with Crippen LogP contribution in [0.25, 0.3) is 0 Å². The number of anilines is 1. The van der Waals surface area contributed by atoms with E-state index in [1.165, 1.54) is 27.6 Å². The van der Waals surface area contributed by atoms with Gasteiger partial charge in [0.2, 0.25) is 5.91 Å². The lowest BCUT2D eigenvalue weighted by molar-refractivity contribution is -0.121. The molecule has 0 saturated carbocycles. The Balaban J connectivity index is 1.45. The maximum Gasteiger partial charge on any atom is 0.325 e. The standard InChI is InChI=1S/C16H18F2N6O2S/c1-22-10-20-21-15(22)27-7-4-19-14(25)9-23-5-6-24(16(23)26)11-2-3-12(17)13(18)8-11/h2-3,8,10H,4-7,9H2,1H3,(H,19,25). The summed E-state index contributed by atoms with van der Waals surface area (Å²) in [6.07, 6.45) is 1.60. The van der Waals surface area contributed by atoms with Gasteiger partial charge in [-0.3, -0.25) is 9.69 Å². The van der Waals surface area contributed by atoms with Crippen LogP contribution >= 0.6 is 11.8 Å². The van der Waals surface area contributed by atoms with E-state index in [1.807, 2.05) is 7.05 Å². The minimum absolute atomic E-state index is 0.0896. The number of rotatable bonds is 7. The van der Waals surface area contributed by atoms with E-state index in [0.29, 0.717) is 25.4 Å². The third-order valence-electron chi connectivity index (χ3n) is 3.97. The van der Waals surface area contributed by atoms with E-state index >= 15 is 0 Å². The summed E-state index contributed by atoms with van der Waals surface area (Å²) in [6.45, 7) is 0.969. The highest BCUT2D eigenvalue weighted by Crippen LogP contribution is 2.22. The molecule has 1 aromatic carbocycles. The number of benzene rings is 1. The van der Waals surface area contributed by atoms with Crippen molar-refractivity contribution in [2.24, 2.45) is 7.05 Å². The summed E-state index contributed by atoms with van der Waals surface area (Å²) in [5.41, 5.74) is 0.266. The quantitative estimate of drug-likeness (QED) is 0.563. The Morgan fingerprint density at radius 1 is 1.30 bits per heavy atom. The number of carbonyl (C=O) groups excluding carboxylic acids is 2. The number of amides is 3. The van der Waals surface area contributed by atoms with Gasteiger partial charge in [-0.2, -0.15) is 0 Å². The van der Waals surface area contributed by atoms with Crippen LogP contribution in [0.1, 0.15) is 0 Å². The van der Waals surface area contributed by atoms with Gasteiger partial charge in [-0.1, -0.05) is 11.8 Å². The molecule has 0 unspecified atom stereocenters. The number of urea groups is 1. The highest BCUT2D eigenvalue weighted by Gasteiger charge is 2.31. The number of hydrogen-bond acceptors (Lipinski definition) is 5. The molecule has 1 aliphatic heterocycles. The molecule has 144 valence electrons. The number of hydrogen-bond donors (Lipinski definition) is 1. The Hall–Kier alpha value is -2.69. The second-order valence-corrected chi connectivity index (χ2v) is 6.94. The van der Waals surface area contributed by atoms with Crippen LogP contribution in [-0.2, 0) is 11.8 Å². The van der Waals surface area contributed by atoms with Crippen LogP contribution < -0.4 is 10.2 Å². The van der Waals surface area contributed by atoms with Crippen molar-refractivity contribution < 1.29 is 18.4 Å². The summed E-state index contributed by atoms with van der Waals surface area (Å²) >= 11 is 1.46. The summed E-state index contributed by atoms with van der Waals surface area (Å²) in [4.78, 5) is 27.1. The highest BCUT2D eigenvalue weighted by atomic mass is 32.2. The van der Waals surface area contributed by atoms with Gasteiger partial charge in [0.25, 0.3) is 0 Å². The first-order valence-electron chi connectivity index (χ1n) is 8.20. The topological polar surface area (TPSA) is 83.4 Å². The Labute approximate surface area is 158 Å². The number of aromatic nitrogens is 3. The lowest BCUT2D eigenvalue weighted by Crippen LogP contribution is -2.40. The van der Waals surface area contributed by atoms with Crippen molar-refractivity contribution >= 4 is 29.4 Å². The second-order valence-electron chi connectivity index (χ2n) is 5.88. The van der Waals surface area contributed by atoms with E-state index in [4.69, 9.17) is 0 Å². The van der Waals surface area contributed by atoms with Gasteiger partial charge >= 0.3 is 6.03 Å². The van der Waals surface area contributed by atoms with Gasteiger partial charge < -0.3 is 14.8 Å². The van der Waals surface area contributed by atoms with Crippen LogP contribution in [0.5, 0.6) is 0 Å². The van der Waals surface area contributed by atoms with Crippen molar-refractivity contribution in [1.82, 2.24) is 25.0 Å². The molecule has 1 fully saturated rings. The third-order valence-corrected chi connectivity index (χ3v) is 5.01. The predicted molar refractivity (Wildman–Crippen MR) is 95.4 cm³/mol. The summed E-state index contributed by atoms with van der Waals surface area (Å²) in [5, 5.41) is 11.2. The fourth-order valence-corrected chi connectivity index (χ4v) is 3.33. The molecule has 11 heteroatoms. The van der Waals surface area contributed by atoms with Crippen LogP contribution in [0.15, 0.2) is 29.7 Å². The highest BCUT2D eigenvalue weighted by molar-refractivity contribution is 7.99. The maximum atomic E-state index is 13.4. The second kappa shape index (κ2) is 8.33. The summed E-state index contributed by atoms with van der Waals surface area (Å²) in [7, 11) is 1.83. The van der Waals surface area contributed by atoms with E-state index in [0.717, 1.165) is 17.3 Å². The minimum Gasteiger partial charge on any atom is -0.354 e. The molecule has 1 saturated heterocycles. The fraction of sp³-hybridized carbons (Fsp3) is 0.375. The van der Waals surface area contributed by atoms with Crippen molar-refractivity contribution in [2.45, 2.75) is 5.16 Å². The van der Waals surface area contributed by atoms with Crippen LogP contribution in [-0.4, -0.2) is 63.5 Å². The first-order valence-corrected chi connectivity index (χ1v) is 9.19. The van der Waals surface area contributed by atoms with E-state index in [2.05, 4.69) is 15.5 Å². The van der Waals surface area contributed by atoms with Crippen molar-refractivity contribution in [3.8, 4) is 0 Å². The van der Waals surface area contributed by atoms with E-state index < -0.39 is 17.7 Å².